The van der Waals surface area contributed by atoms with Crippen molar-refractivity contribution in [2.24, 2.45) is 0 Å². The van der Waals surface area contributed by atoms with Crippen molar-refractivity contribution in [1.29, 1.82) is 0 Å². The Balaban J connectivity index is 0.980. The Morgan fingerprint density at radius 2 is 0.878 bits per heavy atom. The summed E-state index contributed by atoms with van der Waals surface area (Å²) in [5.41, 5.74) is 27.8. The van der Waals surface area contributed by atoms with Crippen molar-refractivity contribution in [2.45, 2.75) is 119 Å². The molecule has 0 spiro atoms. The lowest BCUT2D eigenvalue weighted by Crippen LogP contribution is -2.61. The van der Waals surface area contributed by atoms with Crippen LogP contribution in [0, 0.1) is 13.8 Å². The summed E-state index contributed by atoms with van der Waals surface area (Å²) in [5.74, 6) is 0. The number of aryl methyl sites for hydroxylation is 2. The van der Waals surface area contributed by atoms with Crippen molar-refractivity contribution in [3.63, 3.8) is 0 Å². The third kappa shape index (κ3) is 9.47. The molecule has 0 saturated heterocycles. The van der Waals surface area contributed by atoms with Crippen LogP contribution in [-0.4, -0.2) is 11.3 Å². The van der Waals surface area contributed by atoms with E-state index in [0.717, 1.165) is 34.0 Å². The predicted molar refractivity (Wildman–Crippen MR) is 392 cm³/mol. The molecule has 2 aromatic heterocycles. The summed E-state index contributed by atoms with van der Waals surface area (Å²) in [6.07, 6.45) is 0. The molecule has 2 aliphatic heterocycles. The van der Waals surface area contributed by atoms with Gasteiger partial charge in [-0.1, -0.05) is 198 Å². The first-order valence-electron chi connectivity index (χ1n) is 32.2. The lowest BCUT2D eigenvalue weighted by Gasteiger charge is -2.46. The summed E-state index contributed by atoms with van der Waals surface area (Å²) < 4.78 is 5.09. The van der Waals surface area contributed by atoms with E-state index >= 15 is 0 Å². The molecule has 0 N–H and O–H groups in total. The standard InChI is InChI=1S/C84H79BN4S/c1-52-44-64(45-53(2)79(52)54-28-40-68-67-25-19-21-27-77(67)90-78(68)46-54)89-72-43-33-57(83(9,10)11)47-70(72)85-69-42-39-63(51-74(69)88(61-36-31-56(32-37-61)82(6,7)8)75-48-58(84(12,13)14)49-76(89)80(75)85)86(60-34-29-55(30-35-60)81(3,4)5)62-38-41-66-65-24-18-20-26-71(65)87(73(66)50-62)59-22-16-15-17-23-59/h15-51H,1-14H3. The second-order valence-electron chi connectivity index (χ2n) is 29.6. The van der Waals surface area contributed by atoms with Crippen molar-refractivity contribution in [1.82, 2.24) is 4.57 Å². The zero-order valence-electron chi connectivity index (χ0n) is 54.6. The predicted octanol–water partition coefficient (Wildman–Crippen LogP) is 22.2. The molecule has 13 aromatic rings. The molecule has 444 valence electrons. The van der Waals surface area contributed by atoms with Gasteiger partial charge in [-0.15, -0.1) is 11.3 Å². The maximum atomic E-state index is 2.62. The zero-order valence-corrected chi connectivity index (χ0v) is 55.5. The smallest absolute Gasteiger partial charge is 0.252 e. The summed E-state index contributed by atoms with van der Waals surface area (Å²) in [5, 5.41) is 5.12. The van der Waals surface area contributed by atoms with Gasteiger partial charge in [0.1, 0.15) is 0 Å². The molecule has 0 atom stereocenters. The van der Waals surface area contributed by atoms with Crippen LogP contribution in [0.5, 0.6) is 0 Å². The average Bonchev–Trinajstić information content (AvgIpc) is 0.893. The second-order valence-corrected chi connectivity index (χ2v) is 30.7. The molecule has 6 heteroatoms. The number of nitrogens with zero attached hydrogens (tertiary/aromatic N) is 4. The number of thiophene rings is 1. The monoisotopic (exact) mass is 1190 g/mol. The third-order valence-electron chi connectivity index (χ3n) is 19.4. The minimum absolute atomic E-state index is 0.0124. The summed E-state index contributed by atoms with van der Waals surface area (Å²) in [6, 6.07) is 86.2. The Morgan fingerprint density at radius 1 is 0.344 bits per heavy atom. The molecule has 90 heavy (non-hydrogen) atoms. The molecule has 0 amide bonds. The SMILES string of the molecule is Cc1cc(N2c3ccc(C(C)(C)C)cc3B3c4ccc(N(c5ccc(C(C)(C)C)cc5)c5ccc6c7ccccc7n(-c7ccccc7)c6c5)cc4N(c4ccc(C(C)(C)C)cc4)c4cc(C(C)(C)C)cc2c43)cc(C)c1-c1ccc2c(c1)sc1ccccc12. The quantitative estimate of drug-likeness (QED) is 0.148. The van der Waals surface area contributed by atoms with Crippen LogP contribution in [0.3, 0.4) is 0 Å². The number of fused-ring (bicyclic) bond motifs is 10. The van der Waals surface area contributed by atoms with Gasteiger partial charge in [0, 0.05) is 87.8 Å². The number of hydrogen-bond donors (Lipinski definition) is 0. The Labute approximate surface area is 536 Å². The molecule has 11 aromatic carbocycles. The Hall–Kier alpha value is -9.10. The normalized spacial score (nSPS) is 13.4. The first-order valence-corrected chi connectivity index (χ1v) is 33.0. The number of hydrogen-bond acceptors (Lipinski definition) is 4. The molecule has 0 saturated carbocycles. The minimum Gasteiger partial charge on any atom is -0.311 e. The molecule has 0 fully saturated rings. The van der Waals surface area contributed by atoms with Gasteiger partial charge >= 0.3 is 0 Å². The summed E-state index contributed by atoms with van der Waals surface area (Å²) in [7, 11) is 0. The Bertz CT molecular complexity index is 4990. The van der Waals surface area contributed by atoms with E-state index in [9.17, 15) is 0 Å². The highest BCUT2D eigenvalue weighted by Crippen LogP contribution is 2.50. The second kappa shape index (κ2) is 20.7. The van der Waals surface area contributed by atoms with Gasteiger partial charge < -0.3 is 19.3 Å². The number of para-hydroxylation sites is 2. The zero-order chi connectivity index (χ0) is 62.5. The molecule has 0 unspecified atom stereocenters. The molecular weight excluding hydrogens is 1110 g/mol. The van der Waals surface area contributed by atoms with Crippen LogP contribution >= 0.6 is 11.3 Å². The topological polar surface area (TPSA) is 14.7 Å². The van der Waals surface area contributed by atoms with Crippen molar-refractivity contribution in [3.8, 4) is 16.8 Å². The number of rotatable bonds is 7. The highest BCUT2D eigenvalue weighted by Gasteiger charge is 2.45. The van der Waals surface area contributed by atoms with Crippen molar-refractivity contribution in [3.05, 3.63) is 258 Å². The van der Waals surface area contributed by atoms with Crippen molar-refractivity contribution < 1.29 is 0 Å². The van der Waals surface area contributed by atoms with E-state index in [1.165, 1.54) is 126 Å². The number of anilines is 9. The lowest BCUT2D eigenvalue weighted by atomic mass is 9.33. The van der Waals surface area contributed by atoms with Gasteiger partial charge in [-0.25, -0.2) is 0 Å². The van der Waals surface area contributed by atoms with Gasteiger partial charge in [0.25, 0.3) is 6.71 Å². The average molecular weight is 1190 g/mol. The fourth-order valence-electron chi connectivity index (χ4n) is 14.6. The third-order valence-corrected chi connectivity index (χ3v) is 20.5. The molecule has 2 aliphatic rings. The van der Waals surface area contributed by atoms with Crippen LogP contribution in [0.4, 0.5) is 51.2 Å². The molecular formula is C84H79BN4S. The fraction of sp³-hybridized carbons (Fsp3) is 0.214. The maximum Gasteiger partial charge on any atom is 0.252 e. The molecule has 4 nitrogen and oxygen atoms in total. The van der Waals surface area contributed by atoms with E-state index in [4.69, 9.17) is 0 Å². The lowest BCUT2D eigenvalue weighted by molar-refractivity contribution is 0.590. The van der Waals surface area contributed by atoms with Crippen LogP contribution in [0.2, 0.25) is 0 Å². The summed E-state index contributed by atoms with van der Waals surface area (Å²) in [6.45, 7) is 32.6. The van der Waals surface area contributed by atoms with Gasteiger partial charge in [0.05, 0.1) is 11.0 Å². The van der Waals surface area contributed by atoms with Crippen LogP contribution in [-0.2, 0) is 21.7 Å². The first kappa shape index (κ1) is 57.4. The van der Waals surface area contributed by atoms with Crippen LogP contribution < -0.4 is 31.1 Å². The van der Waals surface area contributed by atoms with Crippen LogP contribution in [0.25, 0.3) is 58.8 Å². The van der Waals surface area contributed by atoms with E-state index in [0.29, 0.717) is 0 Å². The van der Waals surface area contributed by atoms with Crippen LogP contribution in [0.15, 0.2) is 224 Å². The highest BCUT2D eigenvalue weighted by molar-refractivity contribution is 7.25. The van der Waals surface area contributed by atoms with Gasteiger partial charge in [-0.05, 0) is 206 Å². The van der Waals surface area contributed by atoms with Gasteiger partial charge in [-0.2, -0.15) is 0 Å². The largest absolute Gasteiger partial charge is 0.311 e. The van der Waals surface area contributed by atoms with E-state index in [2.05, 4.69) is 341 Å². The Kier molecular flexibility index (Phi) is 13.2. The molecule has 0 bridgehead atoms. The molecule has 0 aliphatic carbocycles. The van der Waals surface area contributed by atoms with Crippen molar-refractivity contribution >= 4 is 128 Å². The summed E-state index contributed by atoms with van der Waals surface area (Å²) >= 11 is 1.89. The Morgan fingerprint density at radius 3 is 1.54 bits per heavy atom. The van der Waals surface area contributed by atoms with E-state index in [1.807, 2.05) is 11.3 Å². The first-order chi connectivity index (χ1) is 43.0. The van der Waals surface area contributed by atoms with Gasteiger partial charge in [0.15, 0.2) is 0 Å². The minimum atomic E-state index is -0.190. The van der Waals surface area contributed by atoms with Gasteiger partial charge in [0.2, 0.25) is 0 Å². The molecule has 4 heterocycles. The fourth-order valence-corrected chi connectivity index (χ4v) is 15.8. The van der Waals surface area contributed by atoms with Gasteiger partial charge in [-0.3, -0.25) is 0 Å². The highest BCUT2D eigenvalue weighted by atomic mass is 32.1. The van der Waals surface area contributed by atoms with Crippen LogP contribution in [0.1, 0.15) is 116 Å². The molecule has 0 radical (unpaired) electrons. The van der Waals surface area contributed by atoms with Crippen molar-refractivity contribution in [2.75, 3.05) is 14.7 Å². The number of aromatic nitrogens is 1. The van der Waals surface area contributed by atoms with E-state index < -0.39 is 0 Å². The van der Waals surface area contributed by atoms with E-state index in [1.54, 1.807) is 0 Å². The number of benzene rings is 11. The molecule has 15 rings (SSSR count). The van der Waals surface area contributed by atoms with E-state index in [-0.39, 0.29) is 28.4 Å². The maximum absolute atomic E-state index is 2.62. The summed E-state index contributed by atoms with van der Waals surface area (Å²) in [4.78, 5) is 7.74.